The first-order valence-electron chi connectivity index (χ1n) is 8.59. The Balaban J connectivity index is 1.58. The highest BCUT2D eigenvalue weighted by molar-refractivity contribution is 7.09. The smallest absolute Gasteiger partial charge is 0.262 e. The molecular weight excluding hydrogens is 350 g/mol. The Bertz CT molecular complexity index is 824. The molecule has 7 heteroatoms. The minimum absolute atomic E-state index is 0.347. The first kappa shape index (κ1) is 18.3. The predicted octanol–water partition coefficient (Wildman–Crippen LogP) is 2.61. The van der Waals surface area contributed by atoms with E-state index in [0.717, 1.165) is 15.6 Å². The molecule has 0 bridgehead atoms. The van der Waals surface area contributed by atoms with Crippen LogP contribution in [0.4, 0.5) is 0 Å². The van der Waals surface area contributed by atoms with Crippen molar-refractivity contribution in [3.8, 4) is 0 Å². The van der Waals surface area contributed by atoms with E-state index in [1.165, 1.54) is 0 Å². The van der Waals surface area contributed by atoms with Gasteiger partial charge in [0, 0.05) is 18.3 Å². The minimum Gasteiger partial charge on any atom is -0.354 e. The lowest BCUT2D eigenvalue weighted by Gasteiger charge is -2.21. The van der Waals surface area contributed by atoms with Crippen LogP contribution in [0.2, 0.25) is 0 Å². The number of imide groups is 1. The van der Waals surface area contributed by atoms with Gasteiger partial charge in [-0.3, -0.25) is 19.3 Å². The quantitative estimate of drug-likeness (QED) is 0.792. The number of hydrogen-bond acceptors (Lipinski definition) is 5. The van der Waals surface area contributed by atoms with Gasteiger partial charge in [-0.15, -0.1) is 11.3 Å². The van der Waals surface area contributed by atoms with E-state index in [9.17, 15) is 14.4 Å². The summed E-state index contributed by atoms with van der Waals surface area (Å²) in [6.45, 7) is 6.16. The molecule has 1 aliphatic heterocycles. The van der Waals surface area contributed by atoms with Crippen molar-refractivity contribution in [1.82, 2.24) is 15.2 Å². The van der Waals surface area contributed by atoms with Gasteiger partial charge in [0.25, 0.3) is 11.8 Å². The summed E-state index contributed by atoms with van der Waals surface area (Å²) < 4.78 is 0. The van der Waals surface area contributed by atoms with E-state index in [4.69, 9.17) is 0 Å². The maximum absolute atomic E-state index is 12.4. The molecule has 0 fully saturated rings. The van der Waals surface area contributed by atoms with Crippen molar-refractivity contribution in [2.45, 2.75) is 39.2 Å². The van der Waals surface area contributed by atoms with Gasteiger partial charge < -0.3 is 5.32 Å². The molecular formula is C19H21N3O3S. The van der Waals surface area contributed by atoms with Crippen LogP contribution in [0.1, 0.15) is 58.1 Å². The lowest BCUT2D eigenvalue weighted by molar-refractivity contribution is -0.124. The van der Waals surface area contributed by atoms with Gasteiger partial charge in [-0.1, -0.05) is 26.0 Å². The van der Waals surface area contributed by atoms with E-state index < -0.39 is 17.9 Å². The number of fused-ring (bicyclic) bond motifs is 1. The van der Waals surface area contributed by atoms with Gasteiger partial charge in [0.05, 0.1) is 21.8 Å². The van der Waals surface area contributed by atoms with Crippen LogP contribution in [0.15, 0.2) is 29.6 Å². The van der Waals surface area contributed by atoms with Crippen molar-refractivity contribution in [3.05, 3.63) is 51.5 Å². The molecule has 6 nitrogen and oxygen atoms in total. The molecule has 1 aromatic carbocycles. The summed E-state index contributed by atoms with van der Waals surface area (Å²) in [6, 6.07) is 5.77. The molecule has 1 atom stereocenters. The van der Waals surface area contributed by atoms with Gasteiger partial charge >= 0.3 is 0 Å². The monoisotopic (exact) mass is 371 g/mol. The second-order valence-corrected chi connectivity index (χ2v) is 7.51. The number of carbonyl (C=O) groups is 3. The fourth-order valence-electron chi connectivity index (χ4n) is 2.82. The summed E-state index contributed by atoms with van der Waals surface area (Å²) >= 11 is 1.57. The van der Waals surface area contributed by atoms with Crippen molar-refractivity contribution >= 4 is 29.1 Å². The first-order valence-corrected chi connectivity index (χ1v) is 9.47. The van der Waals surface area contributed by atoms with Gasteiger partial charge in [-0.2, -0.15) is 0 Å². The molecule has 3 rings (SSSR count). The first-order chi connectivity index (χ1) is 12.4. The fraction of sp³-hybridized carbons (Fsp3) is 0.368. The van der Waals surface area contributed by atoms with E-state index in [-0.39, 0.29) is 5.91 Å². The average molecular weight is 371 g/mol. The lowest BCUT2D eigenvalue weighted by atomic mass is 10.1. The maximum Gasteiger partial charge on any atom is 0.262 e. The number of carbonyl (C=O) groups excluding carboxylic acids is 3. The third-order valence-electron chi connectivity index (χ3n) is 4.39. The van der Waals surface area contributed by atoms with Crippen molar-refractivity contribution in [1.29, 1.82) is 0 Å². The maximum atomic E-state index is 12.4. The van der Waals surface area contributed by atoms with Gasteiger partial charge in [0.15, 0.2) is 0 Å². The largest absolute Gasteiger partial charge is 0.354 e. The van der Waals surface area contributed by atoms with Crippen molar-refractivity contribution in [3.63, 3.8) is 0 Å². The fourth-order valence-corrected chi connectivity index (χ4v) is 3.78. The molecule has 2 heterocycles. The Hall–Kier alpha value is -2.54. The Morgan fingerprint density at radius 3 is 2.31 bits per heavy atom. The molecule has 1 unspecified atom stereocenters. The zero-order valence-electron chi connectivity index (χ0n) is 15.0. The molecule has 1 N–H and O–H groups in total. The SMILES string of the molecule is CC(C)c1csc(CCNC(=O)C(C)N2C(=O)c3ccccc3C2=O)n1. The minimum atomic E-state index is -0.857. The highest BCUT2D eigenvalue weighted by Gasteiger charge is 2.40. The number of thiazole rings is 1. The van der Waals surface area contributed by atoms with E-state index >= 15 is 0 Å². The summed E-state index contributed by atoms with van der Waals surface area (Å²) in [7, 11) is 0. The molecule has 136 valence electrons. The number of benzene rings is 1. The molecule has 26 heavy (non-hydrogen) atoms. The Kier molecular flexibility index (Phi) is 5.18. The van der Waals surface area contributed by atoms with E-state index in [1.807, 2.05) is 5.38 Å². The summed E-state index contributed by atoms with van der Waals surface area (Å²) in [5, 5.41) is 5.79. The van der Waals surface area contributed by atoms with Gasteiger partial charge in [0.1, 0.15) is 6.04 Å². The Morgan fingerprint density at radius 1 is 1.15 bits per heavy atom. The van der Waals surface area contributed by atoms with Crippen LogP contribution < -0.4 is 5.32 Å². The number of rotatable bonds is 6. The number of aromatic nitrogens is 1. The normalized spacial score (nSPS) is 14.7. The van der Waals surface area contributed by atoms with Gasteiger partial charge in [-0.05, 0) is 25.0 Å². The molecule has 1 aromatic heterocycles. The molecule has 0 aliphatic carbocycles. The van der Waals surface area contributed by atoms with E-state index in [2.05, 4.69) is 24.1 Å². The number of nitrogens with zero attached hydrogens (tertiary/aromatic N) is 2. The summed E-state index contributed by atoms with van der Waals surface area (Å²) in [6.07, 6.45) is 0.623. The predicted molar refractivity (Wildman–Crippen MR) is 99.3 cm³/mol. The highest BCUT2D eigenvalue weighted by Crippen LogP contribution is 2.24. The molecule has 1 aliphatic rings. The molecule has 2 aromatic rings. The second kappa shape index (κ2) is 7.37. The summed E-state index contributed by atoms with van der Waals surface area (Å²) in [5.74, 6) is -0.812. The third kappa shape index (κ3) is 3.39. The van der Waals surface area contributed by atoms with E-state index in [0.29, 0.717) is 30.0 Å². The van der Waals surface area contributed by atoms with Crippen LogP contribution in [-0.4, -0.2) is 40.2 Å². The average Bonchev–Trinajstić information content (AvgIpc) is 3.19. The zero-order valence-corrected chi connectivity index (χ0v) is 15.8. The molecule has 3 amide bonds. The Labute approximate surface area is 156 Å². The van der Waals surface area contributed by atoms with Crippen molar-refractivity contribution in [2.24, 2.45) is 0 Å². The lowest BCUT2D eigenvalue weighted by Crippen LogP contribution is -2.48. The van der Waals surface area contributed by atoms with Gasteiger partial charge in [0.2, 0.25) is 5.91 Å². The van der Waals surface area contributed by atoms with Crippen LogP contribution in [0.25, 0.3) is 0 Å². The Morgan fingerprint density at radius 2 is 1.77 bits per heavy atom. The molecule has 0 saturated heterocycles. The highest BCUT2D eigenvalue weighted by atomic mass is 32.1. The molecule has 0 spiro atoms. The van der Waals surface area contributed by atoms with Crippen LogP contribution in [0.5, 0.6) is 0 Å². The topological polar surface area (TPSA) is 79.4 Å². The van der Waals surface area contributed by atoms with Crippen molar-refractivity contribution in [2.75, 3.05) is 6.54 Å². The standard InChI is InChI=1S/C19H21N3O3S/c1-11(2)15-10-26-16(21-15)8-9-20-17(23)12(3)22-18(24)13-6-4-5-7-14(13)19(22)25/h4-7,10-12H,8-9H2,1-3H3,(H,20,23). The number of nitrogens with one attached hydrogen (secondary N) is 1. The summed E-state index contributed by atoms with van der Waals surface area (Å²) in [4.78, 5) is 42.8. The van der Waals surface area contributed by atoms with Crippen LogP contribution in [0.3, 0.4) is 0 Å². The van der Waals surface area contributed by atoms with Crippen LogP contribution in [-0.2, 0) is 11.2 Å². The van der Waals surface area contributed by atoms with E-state index in [1.54, 1.807) is 42.5 Å². The zero-order chi connectivity index (χ0) is 18.8. The molecule has 0 saturated carbocycles. The van der Waals surface area contributed by atoms with Crippen molar-refractivity contribution < 1.29 is 14.4 Å². The van der Waals surface area contributed by atoms with Crippen LogP contribution >= 0.6 is 11.3 Å². The second-order valence-electron chi connectivity index (χ2n) is 6.56. The molecule has 0 radical (unpaired) electrons. The third-order valence-corrected chi connectivity index (χ3v) is 5.32. The van der Waals surface area contributed by atoms with Crippen LogP contribution in [0, 0.1) is 0 Å². The number of hydrogen-bond donors (Lipinski definition) is 1. The van der Waals surface area contributed by atoms with Gasteiger partial charge in [-0.25, -0.2) is 4.98 Å². The summed E-state index contributed by atoms with van der Waals surface area (Å²) in [5.41, 5.74) is 1.75. The number of amides is 3.